The Labute approximate surface area is 255 Å². The number of carboxylic acids is 2. The molecule has 0 bridgehead atoms. The van der Waals surface area contributed by atoms with Gasteiger partial charge < -0.3 is 39.8 Å². The zero-order valence-electron chi connectivity index (χ0n) is 25.0. The smallest absolute Gasteiger partial charge is 0.414 e. The summed E-state index contributed by atoms with van der Waals surface area (Å²) < 4.78 is 93.4. The van der Waals surface area contributed by atoms with Gasteiger partial charge in [0, 0.05) is 17.8 Å². The molecule has 1 aromatic rings. The van der Waals surface area contributed by atoms with Crippen LogP contribution in [0.4, 0.5) is 22.0 Å². The van der Waals surface area contributed by atoms with Crippen LogP contribution in [0.5, 0.6) is 0 Å². The van der Waals surface area contributed by atoms with Gasteiger partial charge in [0.05, 0.1) is 62.4 Å². The zero-order valence-corrected chi connectivity index (χ0v) is 25.0. The van der Waals surface area contributed by atoms with Crippen molar-refractivity contribution in [3.63, 3.8) is 0 Å². The van der Waals surface area contributed by atoms with Gasteiger partial charge in [0.1, 0.15) is 0 Å². The Bertz CT molecular complexity index is 1260. The summed E-state index contributed by atoms with van der Waals surface area (Å²) in [6.45, 7) is 7.71. The lowest BCUT2D eigenvalue weighted by Crippen LogP contribution is -2.36. The van der Waals surface area contributed by atoms with Crippen LogP contribution >= 0.6 is 0 Å². The third-order valence-electron chi connectivity index (χ3n) is 5.82. The van der Waals surface area contributed by atoms with Crippen molar-refractivity contribution in [3.8, 4) is 0 Å². The molecule has 0 saturated carbocycles. The van der Waals surface area contributed by atoms with Crippen LogP contribution in [0.25, 0.3) is 0 Å². The van der Waals surface area contributed by atoms with Crippen LogP contribution in [0.2, 0.25) is 0 Å². The number of allylic oxidation sites excluding steroid dienone is 1. The number of carbonyl (C=O) groups is 4. The molecule has 0 aliphatic carbocycles. The van der Waals surface area contributed by atoms with E-state index in [2.05, 4.69) is 10.6 Å². The van der Waals surface area contributed by atoms with E-state index in [1.54, 1.807) is 0 Å². The fraction of sp³-hybridized carbons (Fsp3) is 0.500. The van der Waals surface area contributed by atoms with E-state index in [9.17, 15) is 22.8 Å². The van der Waals surface area contributed by atoms with E-state index in [1.165, 1.54) is 20.8 Å². The van der Waals surface area contributed by atoms with Crippen LogP contribution < -0.4 is 10.6 Å². The molecule has 0 aromatic heterocycles. The zero-order chi connectivity index (χ0) is 34.3. The third-order valence-corrected chi connectivity index (χ3v) is 5.82. The standard InChI is InChI=1S/C26H33F5N2O6.C2H2O4/c1-5-8-32-9-10-36-11-12-37-13-15-17(26(35)39-7-3)18(16(14(4)33-15)25(34)38-6-2)19-20(27)22(29)24(31)23(30)21(19)28;3-1(4)2(5)6/h18,32-33H,5-13H2,1-4H3;(H,3,4)(H,5,6)/t18-;/m1./s1. The first-order valence-electron chi connectivity index (χ1n) is 13.6. The van der Waals surface area contributed by atoms with E-state index in [-0.39, 0.29) is 44.4 Å². The summed E-state index contributed by atoms with van der Waals surface area (Å²) in [6.07, 6.45) is 0.978. The van der Waals surface area contributed by atoms with Gasteiger partial charge in [-0.15, -0.1) is 0 Å². The van der Waals surface area contributed by atoms with Crippen LogP contribution in [-0.2, 0) is 38.1 Å². The Kier molecular flexibility index (Phi) is 16.7. The Morgan fingerprint density at radius 1 is 0.733 bits per heavy atom. The van der Waals surface area contributed by atoms with Crippen molar-refractivity contribution in [2.24, 2.45) is 0 Å². The van der Waals surface area contributed by atoms with Gasteiger partial charge in [0.25, 0.3) is 0 Å². The van der Waals surface area contributed by atoms with Crippen LogP contribution in [0.1, 0.15) is 45.6 Å². The number of hydrogen-bond donors (Lipinski definition) is 4. The van der Waals surface area contributed by atoms with Gasteiger partial charge >= 0.3 is 23.9 Å². The predicted molar refractivity (Wildman–Crippen MR) is 145 cm³/mol. The Morgan fingerprint density at radius 2 is 1.22 bits per heavy atom. The lowest BCUT2D eigenvalue weighted by molar-refractivity contribution is -0.159. The molecule has 2 rings (SSSR count). The maximum absolute atomic E-state index is 15.0. The molecule has 4 N–H and O–H groups in total. The number of halogens is 5. The number of hydrogen-bond acceptors (Lipinski definition) is 10. The largest absolute Gasteiger partial charge is 0.473 e. The molecule has 45 heavy (non-hydrogen) atoms. The second kappa shape index (κ2) is 19.3. The highest BCUT2D eigenvalue weighted by Gasteiger charge is 2.44. The summed E-state index contributed by atoms with van der Waals surface area (Å²) in [6, 6.07) is 0. The first kappa shape index (κ1) is 38.9. The maximum atomic E-state index is 15.0. The molecular weight excluding hydrogens is 619 g/mol. The van der Waals surface area contributed by atoms with Crippen molar-refractivity contribution < 1.29 is 70.3 Å². The first-order valence-corrected chi connectivity index (χ1v) is 13.6. The van der Waals surface area contributed by atoms with Crippen LogP contribution in [0.3, 0.4) is 0 Å². The van der Waals surface area contributed by atoms with E-state index >= 15 is 8.78 Å². The Morgan fingerprint density at radius 3 is 1.71 bits per heavy atom. The van der Waals surface area contributed by atoms with Crippen molar-refractivity contribution >= 4 is 23.9 Å². The first-order chi connectivity index (χ1) is 21.3. The normalized spacial score (nSPS) is 14.4. The monoisotopic (exact) mass is 654 g/mol. The molecule has 1 aliphatic rings. The number of carboxylic acid groups (broad SMARTS) is 2. The third kappa shape index (κ3) is 10.8. The highest BCUT2D eigenvalue weighted by molar-refractivity contribution is 6.27. The minimum absolute atomic E-state index is 0.0349. The summed E-state index contributed by atoms with van der Waals surface area (Å²) in [5.74, 6) is -19.2. The van der Waals surface area contributed by atoms with Gasteiger partial charge in [0.15, 0.2) is 23.3 Å². The summed E-state index contributed by atoms with van der Waals surface area (Å²) in [7, 11) is 0. The second-order valence-corrected chi connectivity index (χ2v) is 8.94. The molecule has 0 saturated heterocycles. The molecule has 0 radical (unpaired) electrons. The summed E-state index contributed by atoms with van der Waals surface area (Å²) in [5.41, 5.74) is -2.59. The van der Waals surface area contributed by atoms with Gasteiger partial charge in [-0.05, 0) is 33.7 Å². The minimum Gasteiger partial charge on any atom is -0.473 e. The molecule has 0 amide bonds. The summed E-state index contributed by atoms with van der Waals surface area (Å²) in [5, 5.41) is 20.7. The van der Waals surface area contributed by atoms with Crippen molar-refractivity contribution in [2.75, 3.05) is 52.7 Å². The molecule has 252 valence electrons. The van der Waals surface area contributed by atoms with Crippen LogP contribution in [-0.4, -0.2) is 86.8 Å². The number of aliphatic carboxylic acids is 2. The summed E-state index contributed by atoms with van der Waals surface area (Å²) in [4.78, 5) is 44.1. The van der Waals surface area contributed by atoms with Crippen LogP contribution in [0, 0.1) is 29.1 Å². The molecule has 0 fully saturated rings. The van der Waals surface area contributed by atoms with Crippen molar-refractivity contribution in [1.29, 1.82) is 0 Å². The van der Waals surface area contributed by atoms with Crippen molar-refractivity contribution in [3.05, 3.63) is 57.2 Å². The molecule has 12 nitrogen and oxygen atoms in total. The number of carbonyl (C=O) groups excluding carboxylic acids is 2. The van der Waals surface area contributed by atoms with Gasteiger partial charge in [-0.25, -0.2) is 41.1 Å². The van der Waals surface area contributed by atoms with E-state index in [0.29, 0.717) is 13.2 Å². The summed E-state index contributed by atoms with van der Waals surface area (Å²) >= 11 is 0. The average Bonchev–Trinajstić information content (AvgIpc) is 2.98. The molecule has 0 spiro atoms. The van der Waals surface area contributed by atoms with Gasteiger partial charge in [-0.2, -0.15) is 0 Å². The minimum atomic E-state index is -2.38. The maximum Gasteiger partial charge on any atom is 0.414 e. The molecule has 1 heterocycles. The fourth-order valence-corrected chi connectivity index (χ4v) is 3.94. The highest BCUT2D eigenvalue weighted by atomic mass is 19.2. The lowest BCUT2D eigenvalue weighted by atomic mass is 9.79. The van der Waals surface area contributed by atoms with Crippen molar-refractivity contribution in [1.82, 2.24) is 10.6 Å². The number of esters is 2. The lowest BCUT2D eigenvalue weighted by Gasteiger charge is -2.32. The fourth-order valence-electron chi connectivity index (χ4n) is 3.94. The molecule has 0 unspecified atom stereocenters. The predicted octanol–water partition coefficient (Wildman–Crippen LogP) is 2.91. The molecule has 1 aromatic carbocycles. The van der Waals surface area contributed by atoms with E-state index < -0.39 is 75.6 Å². The number of benzene rings is 1. The van der Waals surface area contributed by atoms with E-state index in [0.717, 1.165) is 13.0 Å². The van der Waals surface area contributed by atoms with Gasteiger partial charge in [-0.3, -0.25) is 0 Å². The highest BCUT2D eigenvalue weighted by Crippen LogP contribution is 2.43. The van der Waals surface area contributed by atoms with Gasteiger partial charge in [-0.1, -0.05) is 6.92 Å². The van der Waals surface area contributed by atoms with Crippen LogP contribution in [0.15, 0.2) is 22.5 Å². The number of nitrogens with one attached hydrogen (secondary N) is 2. The number of dihydropyridines is 1. The quantitative estimate of drug-likeness (QED) is 0.0546. The second-order valence-electron chi connectivity index (χ2n) is 8.94. The molecule has 17 heteroatoms. The molecule has 1 aliphatic heterocycles. The average molecular weight is 655 g/mol. The molecule has 1 atom stereocenters. The number of ether oxygens (including phenoxy) is 4. The number of rotatable bonds is 15. The van der Waals surface area contributed by atoms with E-state index in [4.69, 9.17) is 38.7 Å². The Balaban J connectivity index is 0.00000153. The molecular formula is C28H35F5N2O10. The SMILES string of the molecule is CCCNCCOCCOCC1=C(C(=O)OCC)[C@H](c2c(F)c(F)c(F)c(F)c2F)C(C(=O)OCC)=C(C)N1.O=C(O)C(=O)O. The topological polar surface area (TPSA) is 170 Å². The van der Waals surface area contributed by atoms with Gasteiger partial charge in [0.2, 0.25) is 5.82 Å². The Hall–Kier alpha value is -4.09. The van der Waals surface area contributed by atoms with E-state index in [1.807, 2.05) is 6.92 Å². The van der Waals surface area contributed by atoms with Crippen molar-refractivity contribution in [2.45, 2.75) is 40.0 Å².